The minimum atomic E-state index is -0.109. The molecule has 1 saturated carbocycles. The summed E-state index contributed by atoms with van der Waals surface area (Å²) in [6.07, 6.45) is 3.49. The van der Waals surface area contributed by atoms with Crippen molar-refractivity contribution in [3.8, 4) is 0 Å². The number of nitrogens with zero attached hydrogens (tertiary/aromatic N) is 1. The molecule has 1 aliphatic carbocycles. The number of aliphatic hydroxyl groups is 1. The highest BCUT2D eigenvalue weighted by Gasteiger charge is 2.36. The third-order valence-electron chi connectivity index (χ3n) is 3.80. The van der Waals surface area contributed by atoms with Crippen molar-refractivity contribution < 1.29 is 9.84 Å². The average Bonchev–Trinajstić information content (AvgIpc) is 2.57. The number of rotatable bonds is 1. The van der Waals surface area contributed by atoms with Crippen molar-refractivity contribution in [2.75, 3.05) is 13.2 Å². The molecule has 2 rings (SSSR count). The fourth-order valence-corrected chi connectivity index (χ4v) is 2.73. The first-order chi connectivity index (χ1) is 6.70. The van der Waals surface area contributed by atoms with Gasteiger partial charge in [0.25, 0.3) is 0 Å². The number of hydrogen-bond acceptors (Lipinski definition) is 3. The summed E-state index contributed by atoms with van der Waals surface area (Å²) in [4.78, 5) is 2.44. The fraction of sp³-hybridized carbons (Fsp3) is 1.00. The van der Waals surface area contributed by atoms with E-state index in [-0.39, 0.29) is 6.10 Å². The fourth-order valence-electron chi connectivity index (χ4n) is 2.73. The minimum absolute atomic E-state index is 0.109. The highest BCUT2D eigenvalue weighted by molar-refractivity contribution is 4.90. The zero-order valence-corrected chi connectivity index (χ0v) is 9.15. The van der Waals surface area contributed by atoms with E-state index in [0.717, 1.165) is 26.0 Å². The van der Waals surface area contributed by atoms with Crippen molar-refractivity contribution >= 4 is 0 Å². The Kier molecular flexibility index (Phi) is 3.10. The lowest BCUT2D eigenvalue weighted by molar-refractivity contribution is -0.0858. The van der Waals surface area contributed by atoms with Crippen LogP contribution in [0.25, 0.3) is 0 Å². The largest absolute Gasteiger partial charge is 0.391 e. The molecule has 14 heavy (non-hydrogen) atoms. The maximum absolute atomic E-state index is 9.86. The Bertz CT molecular complexity index is 198. The Labute approximate surface area is 86.0 Å². The normalized spacial score (nSPS) is 45.6. The molecule has 3 nitrogen and oxygen atoms in total. The van der Waals surface area contributed by atoms with Crippen LogP contribution < -0.4 is 0 Å². The summed E-state index contributed by atoms with van der Waals surface area (Å²) in [6.45, 7) is 6.12. The van der Waals surface area contributed by atoms with E-state index in [1.807, 2.05) is 0 Å². The minimum Gasteiger partial charge on any atom is -0.391 e. The van der Waals surface area contributed by atoms with Gasteiger partial charge in [0, 0.05) is 18.6 Å². The highest BCUT2D eigenvalue weighted by atomic mass is 16.5. The van der Waals surface area contributed by atoms with Gasteiger partial charge in [-0.15, -0.1) is 0 Å². The van der Waals surface area contributed by atoms with Crippen LogP contribution in [0.5, 0.6) is 0 Å². The predicted octanol–water partition coefficient (Wildman–Crippen LogP) is 1.01. The van der Waals surface area contributed by atoms with Gasteiger partial charge in [-0.3, -0.25) is 4.90 Å². The Morgan fingerprint density at radius 3 is 2.71 bits per heavy atom. The van der Waals surface area contributed by atoms with Crippen LogP contribution in [0.2, 0.25) is 0 Å². The van der Waals surface area contributed by atoms with Crippen LogP contribution in [0.4, 0.5) is 0 Å². The molecular formula is C11H21NO2. The maximum Gasteiger partial charge on any atom is 0.0700 e. The molecule has 0 aromatic heterocycles. The van der Waals surface area contributed by atoms with Gasteiger partial charge in [0.05, 0.1) is 18.8 Å². The predicted molar refractivity (Wildman–Crippen MR) is 55.2 cm³/mol. The van der Waals surface area contributed by atoms with Crippen molar-refractivity contribution in [3.63, 3.8) is 0 Å². The van der Waals surface area contributed by atoms with Gasteiger partial charge in [-0.2, -0.15) is 0 Å². The Balaban J connectivity index is 2.01. The lowest BCUT2D eigenvalue weighted by atomic mass is 10.1. The monoisotopic (exact) mass is 199 g/mol. The maximum atomic E-state index is 9.86. The van der Waals surface area contributed by atoms with E-state index in [1.54, 1.807) is 0 Å². The molecule has 1 saturated heterocycles. The Morgan fingerprint density at radius 1 is 1.29 bits per heavy atom. The summed E-state index contributed by atoms with van der Waals surface area (Å²) < 4.78 is 5.59. The van der Waals surface area contributed by atoms with E-state index < -0.39 is 0 Å². The highest BCUT2D eigenvalue weighted by Crippen LogP contribution is 2.28. The van der Waals surface area contributed by atoms with Gasteiger partial charge in [-0.25, -0.2) is 0 Å². The topological polar surface area (TPSA) is 32.7 Å². The van der Waals surface area contributed by atoms with Gasteiger partial charge in [-0.05, 0) is 33.1 Å². The van der Waals surface area contributed by atoms with E-state index >= 15 is 0 Å². The first kappa shape index (κ1) is 10.4. The molecule has 3 heteroatoms. The molecule has 0 bridgehead atoms. The molecule has 0 spiro atoms. The molecule has 2 fully saturated rings. The molecule has 1 aliphatic heterocycles. The van der Waals surface area contributed by atoms with E-state index in [1.165, 1.54) is 6.42 Å². The van der Waals surface area contributed by atoms with Crippen molar-refractivity contribution in [3.05, 3.63) is 0 Å². The molecule has 0 aromatic carbocycles. The summed E-state index contributed by atoms with van der Waals surface area (Å²) in [6, 6.07) is 0.831. The first-order valence-corrected chi connectivity index (χ1v) is 5.75. The van der Waals surface area contributed by atoms with E-state index in [4.69, 9.17) is 4.74 Å². The second kappa shape index (κ2) is 4.17. The van der Waals surface area contributed by atoms with E-state index in [2.05, 4.69) is 18.7 Å². The zero-order chi connectivity index (χ0) is 10.1. The zero-order valence-electron chi connectivity index (χ0n) is 9.15. The van der Waals surface area contributed by atoms with Crippen LogP contribution in [0.3, 0.4) is 0 Å². The van der Waals surface area contributed by atoms with Crippen molar-refractivity contribution in [1.82, 2.24) is 4.90 Å². The number of aliphatic hydroxyl groups excluding tert-OH is 1. The Morgan fingerprint density at radius 2 is 2.07 bits per heavy atom. The molecule has 0 aromatic rings. The molecule has 82 valence electrons. The van der Waals surface area contributed by atoms with Gasteiger partial charge in [0.2, 0.25) is 0 Å². The summed E-state index contributed by atoms with van der Waals surface area (Å²) in [5, 5.41) is 9.86. The Hall–Kier alpha value is -0.120. The molecule has 0 amide bonds. The average molecular weight is 199 g/mol. The van der Waals surface area contributed by atoms with Gasteiger partial charge in [0.1, 0.15) is 0 Å². The van der Waals surface area contributed by atoms with Crippen LogP contribution in [0.15, 0.2) is 0 Å². The van der Waals surface area contributed by atoms with Crippen molar-refractivity contribution in [1.29, 1.82) is 0 Å². The quantitative estimate of drug-likeness (QED) is 0.684. The van der Waals surface area contributed by atoms with Gasteiger partial charge in [-0.1, -0.05) is 0 Å². The smallest absolute Gasteiger partial charge is 0.0700 e. The van der Waals surface area contributed by atoms with Crippen molar-refractivity contribution in [2.24, 2.45) is 0 Å². The lowest BCUT2D eigenvalue weighted by Gasteiger charge is -2.42. The van der Waals surface area contributed by atoms with Crippen LogP contribution in [-0.4, -0.2) is 47.4 Å². The van der Waals surface area contributed by atoms with Crippen LogP contribution in [-0.2, 0) is 4.74 Å². The van der Waals surface area contributed by atoms with Gasteiger partial charge in [0.15, 0.2) is 0 Å². The van der Waals surface area contributed by atoms with Crippen LogP contribution in [0.1, 0.15) is 33.1 Å². The molecule has 1 N–H and O–H groups in total. The van der Waals surface area contributed by atoms with Crippen LogP contribution in [0, 0.1) is 0 Å². The van der Waals surface area contributed by atoms with Crippen molar-refractivity contribution in [2.45, 2.75) is 57.4 Å². The van der Waals surface area contributed by atoms with E-state index in [9.17, 15) is 5.11 Å². The third-order valence-corrected chi connectivity index (χ3v) is 3.80. The summed E-state index contributed by atoms with van der Waals surface area (Å²) in [5.74, 6) is 0. The summed E-state index contributed by atoms with van der Waals surface area (Å²) in [7, 11) is 0. The second-order valence-corrected chi connectivity index (χ2v) is 4.62. The molecule has 1 heterocycles. The molecule has 4 atom stereocenters. The lowest BCUT2D eigenvalue weighted by Crippen LogP contribution is -2.54. The molecule has 0 radical (unpaired) electrons. The standard InChI is InChI=1S/C11H21NO2/c1-8-9(2)14-7-6-12(8)10-4-3-5-11(10)13/h8-11,13H,3-7H2,1-2H3/t8?,9?,10-,11-/m1/s1. The van der Waals surface area contributed by atoms with Gasteiger partial charge < -0.3 is 9.84 Å². The summed E-state index contributed by atoms with van der Waals surface area (Å²) >= 11 is 0. The third kappa shape index (κ3) is 1.81. The van der Waals surface area contributed by atoms with E-state index in [0.29, 0.717) is 18.2 Å². The number of ether oxygens (including phenoxy) is 1. The van der Waals surface area contributed by atoms with Gasteiger partial charge >= 0.3 is 0 Å². The SMILES string of the molecule is CC1OCCN([C@@H]2CCC[C@H]2O)C1C. The number of hydrogen-bond donors (Lipinski definition) is 1. The molecule has 2 aliphatic rings. The molecule has 2 unspecified atom stereocenters. The summed E-state index contributed by atoms with van der Waals surface area (Å²) in [5.41, 5.74) is 0. The first-order valence-electron chi connectivity index (χ1n) is 5.75. The second-order valence-electron chi connectivity index (χ2n) is 4.62. The number of morpholine rings is 1. The molecular weight excluding hydrogens is 178 g/mol. The van der Waals surface area contributed by atoms with Crippen LogP contribution >= 0.6 is 0 Å².